The number of anilines is 2. The van der Waals surface area contributed by atoms with Crippen LogP contribution < -0.4 is 15.5 Å². The number of halogens is 1. The highest BCUT2D eigenvalue weighted by atomic mass is 35.5. The molecule has 1 aliphatic heterocycles. The molecule has 1 fully saturated rings. The summed E-state index contributed by atoms with van der Waals surface area (Å²) in [5, 5.41) is 6.63. The highest BCUT2D eigenvalue weighted by Gasteiger charge is 2.15. The van der Waals surface area contributed by atoms with Gasteiger partial charge in [0.1, 0.15) is 11.5 Å². The van der Waals surface area contributed by atoms with Crippen LogP contribution in [0.5, 0.6) is 0 Å². The van der Waals surface area contributed by atoms with Crippen molar-refractivity contribution in [2.24, 2.45) is 0 Å². The Kier molecular flexibility index (Phi) is 8.23. The normalized spacial score (nSPS) is 14.3. The topological polar surface area (TPSA) is 60.8 Å². The van der Waals surface area contributed by atoms with E-state index in [4.69, 9.17) is 28.2 Å². The SMILES string of the molecule is CCN1CCN(c2ccc(NC(=S)NC(=O)/C=C/c3ccc(-c4ccc(C)c(Cl)c4)o3)cc2)CC1. The first-order valence-electron chi connectivity index (χ1n) is 11.6. The Morgan fingerprint density at radius 3 is 2.51 bits per heavy atom. The van der Waals surface area contributed by atoms with Gasteiger partial charge in [0.25, 0.3) is 0 Å². The summed E-state index contributed by atoms with van der Waals surface area (Å²) in [6.45, 7) is 9.46. The zero-order valence-corrected chi connectivity index (χ0v) is 21.5. The lowest BCUT2D eigenvalue weighted by Crippen LogP contribution is -2.46. The van der Waals surface area contributed by atoms with Crippen molar-refractivity contribution in [3.05, 3.63) is 77.0 Å². The Balaban J connectivity index is 1.27. The quantitative estimate of drug-likeness (QED) is 0.335. The van der Waals surface area contributed by atoms with Gasteiger partial charge >= 0.3 is 0 Å². The van der Waals surface area contributed by atoms with E-state index in [1.165, 1.54) is 11.8 Å². The molecule has 8 heteroatoms. The van der Waals surface area contributed by atoms with Gasteiger partial charge in [-0.2, -0.15) is 0 Å². The van der Waals surface area contributed by atoms with Crippen molar-refractivity contribution < 1.29 is 9.21 Å². The van der Waals surface area contributed by atoms with Gasteiger partial charge in [-0.05, 0) is 79.8 Å². The standard InChI is InChI=1S/C27H29ClN4O2S/c1-3-31-14-16-32(17-15-31)22-8-6-21(7-9-22)29-27(35)30-26(33)13-11-23-10-12-25(34-23)20-5-4-19(2)24(28)18-20/h4-13,18H,3,14-17H2,1-2H3,(H2,29,30,33,35)/b13-11+. The number of nitrogens with one attached hydrogen (secondary N) is 2. The van der Waals surface area contributed by atoms with Crippen molar-refractivity contribution >= 4 is 52.3 Å². The average molecular weight is 509 g/mol. The minimum atomic E-state index is -0.343. The van der Waals surface area contributed by atoms with Gasteiger partial charge in [0.2, 0.25) is 5.91 Å². The van der Waals surface area contributed by atoms with E-state index < -0.39 is 0 Å². The Bertz CT molecular complexity index is 1210. The van der Waals surface area contributed by atoms with E-state index in [9.17, 15) is 4.79 Å². The first kappa shape index (κ1) is 25.0. The van der Waals surface area contributed by atoms with E-state index in [1.807, 2.05) is 43.3 Å². The second kappa shape index (κ2) is 11.5. The summed E-state index contributed by atoms with van der Waals surface area (Å²) in [4.78, 5) is 17.1. The summed E-state index contributed by atoms with van der Waals surface area (Å²) in [7, 11) is 0. The summed E-state index contributed by atoms with van der Waals surface area (Å²) < 4.78 is 5.81. The van der Waals surface area contributed by atoms with Crippen LogP contribution in [0.2, 0.25) is 5.02 Å². The third kappa shape index (κ3) is 6.72. The molecule has 0 unspecified atom stereocenters. The Hall–Kier alpha value is -3.13. The molecule has 2 N–H and O–H groups in total. The Morgan fingerprint density at radius 2 is 1.83 bits per heavy atom. The number of hydrogen-bond donors (Lipinski definition) is 2. The van der Waals surface area contributed by atoms with E-state index in [2.05, 4.69) is 39.5 Å². The predicted molar refractivity (Wildman–Crippen MR) is 148 cm³/mol. The lowest BCUT2D eigenvalue weighted by Gasteiger charge is -2.35. The second-order valence-electron chi connectivity index (χ2n) is 8.41. The molecule has 3 aromatic rings. The van der Waals surface area contributed by atoms with Crippen LogP contribution in [-0.4, -0.2) is 48.6 Å². The summed E-state index contributed by atoms with van der Waals surface area (Å²) in [6.07, 6.45) is 2.99. The van der Waals surface area contributed by atoms with Crippen LogP contribution in [0.1, 0.15) is 18.2 Å². The minimum absolute atomic E-state index is 0.235. The summed E-state index contributed by atoms with van der Waals surface area (Å²) in [6, 6.07) is 17.5. The Morgan fingerprint density at radius 1 is 1.09 bits per heavy atom. The third-order valence-corrected chi connectivity index (χ3v) is 6.64. The number of likely N-dealkylation sites (N-methyl/N-ethyl adjacent to an activating group) is 1. The van der Waals surface area contributed by atoms with Gasteiger partial charge in [0, 0.05) is 54.2 Å². The predicted octanol–water partition coefficient (Wildman–Crippen LogP) is 5.58. The number of thiocarbonyl (C=S) groups is 1. The van der Waals surface area contributed by atoms with E-state index in [0.29, 0.717) is 16.5 Å². The zero-order chi connectivity index (χ0) is 24.8. The molecule has 1 saturated heterocycles. The highest BCUT2D eigenvalue weighted by Crippen LogP contribution is 2.27. The molecule has 0 radical (unpaired) electrons. The van der Waals surface area contributed by atoms with Gasteiger partial charge in [-0.15, -0.1) is 0 Å². The fraction of sp³-hybridized carbons (Fsp3) is 0.259. The van der Waals surface area contributed by atoms with Crippen LogP contribution >= 0.6 is 23.8 Å². The fourth-order valence-electron chi connectivity index (χ4n) is 3.90. The molecule has 0 saturated carbocycles. The average Bonchev–Trinajstić information content (AvgIpc) is 3.34. The monoisotopic (exact) mass is 508 g/mol. The van der Waals surface area contributed by atoms with E-state index in [-0.39, 0.29) is 11.0 Å². The molecular formula is C27H29ClN4O2S. The molecule has 2 aromatic carbocycles. The maximum Gasteiger partial charge on any atom is 0.250 e. The molecule has 182 valence electrons. The fourth-order valence-corrected chi connectivity index (χ4v) is 4.29. The van der Waals surface area contributed by atoms with Crippen LogP contribution in [-0.2, 0) is 4.79 Å². The first-order chi connectivity index (χ1) is 16.9. The smallest absolute Gasteiger partial charge is 0.250 e. The molecule has 1 amide bonds. The van der Waals surface area contributed by atoms with Gasteiger partial charge in [-0.1, -0.05) is 30.7 Å². The molecule has 35 heavy (non-hydrogen) atoms. The number of aryl methyl sites for hydroxylation is 1. The molecule has 6 nitrogen and oxygen atoms in total. The van der Waals surface area contributed by atoms with E-state index >= 15 is 0 Å². The van der Waals surface area contributed by atoms with E-state index in [0.717, 1.165) is 49.5 Å². The zero-order valence-electron chi connectivity index (χ0n) is 19.9. The molecule has 0 atom stereocenters. The van der Waals surface area contributed by atoms with Gasteiger partial charge in [-0.25, -0.2) is 0 Å². The van der Waals surface area contributed by atoms with Crippen LogP contribution in [0.4, 0.5) is 11.4 Å². The molecule has 1 aromatic heterocycles. The summed E-state index contributed by atoms with van der Waals surface area (Å²) in [5.41, 5.74) is 3.90. The maximum atomic E-state index is 12.3. The van der Waals surface area contributed by atoms with Crippen molar-refractivity contribution in [2.45, 2.75) is 13.8 Å². The Labute approximate surface area is 216 Å². The third-order valence-electron chi connectivity index (χ3n) is 6.03. The molecule has 0 spiro atoms. The number of carbonyl (C=O) groups is 1. The number of piperazine rings is 1. The molecule has 0 bridgehead atoms. The second-order valence-corrected chi connectivity index (χ2v) is 9.23. The van der Waals surface area contributed by atoms with Crippen LogP contribution in [0, 0.1) is 6.92 Å². The highest BCUT2D eigenvalue weighted by molar-refractivity contribution is 7.80. The van der Waals surface area contributed by atoms with E-state index in [1.54, 1.807) is 12.1 Å². The van der Waals surface area contributed by atoms with Crippen LogP contribution in [0.25, 0.3) is 17.4 Å². The summed E-state index contributed by atoms with van der Waals surface area (Å²) >= 11 is 11.5. The number of nitrogens with zero attached hydrogens (tertiary/aromatic N) is 2. The number of benzene rings is 2. The summed E-state index contributed by atoms with van der Waals surface area (Å²) in [5.74, 6) is 0.894. The molecular weight excluding hydrogens is 480 g/mol. The van der Waals surface area contributed by atoms with Crippen LogP contribution in [0.15, 0.2) is 65.1 Å². The first-order valence-corrected chi connectivity index (χ1v) is 12.4. The van der Waals surface area contributed by atoms with Gasteiger partial charge in [0.15, 0.2) is 5.11 Å². The minimum Gasteiger partial charge on any atom is -0.457 e. The van der Waals surface area contributed by atoms with Gasteiger partial charge in [-0.3, -0.25) is 10.1 Å². The molecule has 4 rings (SSSR count). The lowest BCUT2D eigenvalue weighted by molar-refractivity contribution is -0.115. The largest absolute Gasteiger partial charge is 0.457 e. The van der Waals surface area contributed by atoms with Crippen molar-refractivity contribution in [1.82, 2.24) is 10.2 Å². The molecule has 2 heterocycles. The molecule has 1 aliphatic rings. The van der Waals surface area contributed by atoms with Crippen molar-refractivity contribution in [2.75, 3.05) is 42.9 Å². The number of rotatable bonds is 6. The lowest BCUT2D eigenvalue weighted by atomic mass is 10.1. The maximum absolute atomic E-state index is 12.3. The number of amides is 1. The van der Waals surface area contributed by atoms with Crippen LogP contribution in [0.3, 0.4) is 0 Å². The van der Waals surface area contributed by atoms with Gasteiger partial charge in [0.05, 0.1) is 0 Å². The van der Waals surface area contributed by atoms with Gasteiger partial charge < -0.3 is 19.5 Å². The van der Waals surface area contributed by atoms with Crippen molar-refractivity contribution in [1.29, 1.82) is 0 Å². The number of hydrogen-bond acceptors (Lipinski definition) is 5. The number of carbonyl (C=O) groups excluding carboxylic acids is 1. The number of furan rings is 1. The van der Waals surface area contributed by atoms with Crippen molar-refractivity contribution in [3.8, 4) is 11.3 Å². The van der Waals surface area contributed by atoms with Crippen molar-refractivity contribution in [3.63, 3.8) is 0 Å². The molecule has 0 aliphatic carbocycles.